The van der Waals surface area contributed by atoms with Gasteiger partial charge in [-0.15, -0.1) is 0 Å². The molecule has 0 saturated carbocycles. The maximum atomic E-state index is 5.26. The molecule has 2 nitrogen and oxygen atoms in total. The Kier molecular flexibility index (Phi) is 5.37. The highest BCUT2D eigenvalue weighted by Gasteiger charge is 1.94. The van der Waals surface area contributed by atoms with Crippen molar-refractivity contribution < 1.29 is 9.16 Å². The van der Waals surface area contributed by atoms with E-state index in [1.54, 1.807) is 7.11 Å². The summed E-state index contributed by atoms with van der Waals surface area (Å²) >= 11 is 0. The first-order valence-corrected chi connectivity index (χ1v) is 4.53. The van der Waals surface area contributed by atoms with Crippen molar-refractivity contribution in [3.8, 4) is 0 Å². The largest absolute Gasteiger partial charge is 0.400 e. The smallest absolute Gasteiger partial charge is 0.164 e. The lowest BCUT2D eigenvalue weighted by atomic mass is 10.8. The zero-order chi connectivity index (χ0) is 6.41. The van der Waals surface area contributed by atoms with Crippen LogP contribution in [0, 0.1) is 0 Å². The monoisotopic (exact) mass is 134 g/mol. The van der Waals surface area contributed by atoms with Gasteiger partial charge in [-0.1, -0.05) is 6.92 Å². The van der Waals surface area contributed by atoms with Crippen molar-refractivity contribution in [2.75, 3.05) is 7.11 Å². The van der Waals surface area contributed by atoms with Gasteiger partial charge in [-0.25, -0.2) is 0 Å². The summed E-state index contributed by atoms with van der Waals surface area (Å²) in [7, 11) is 1.40. The minimum Gasteiger partial charge on any atom is -0.400 e. The second kappa shape index (κ2) is 5.28. The molecule has 0 aromatic rings. The highest BCUT2D eigenvalue weighted by molar-refractivity contribution is 6.26. The summed E-state index contributed by atoms with van der Waals surface area (Å²) in [6, 6.07) is 1.19. The maximum absolute atomic E-state index is 5.26. The van der Waals surface area contributed by atoms with Crippen molar-refractivity contribution in [1.82, 2.24) is 0 Å². The van der Waals surface area contributed by atoms with Crippen molar-refractivity contribution >= 4 is 9.76 Å². The van der Waals surface area contributed by atoms with E-state index in [1.165, 1.54) is 6.04 Å². The number of hydrogen-bond acceptors (Lipinski definition) is 2. The molecule has 0 spiro atoms. The Hall–Kier alpha value is 0.137. The first-order chi connectivity index (χ1) is 3.81. The predicted molar refractivity (Wildman–Crippen MR) is 36.6 cm³/mol. The number of hydrogen-bond donors (Lipinski definition) is 0. The molecule has 0 amide bonds. The highest BCUT2D eigenvalue weighted by Crippen LogP contribution is 1.88. The molecule has 1 unspecified atom stereocenters. The molecule has 0 rings (SSSR count). The highest BCUT2D eigenvalue weighted by atomic mass is 28.2. The summed E-state index contributed by atoms with van der Waals surface area (Å²) in [6.45, 7) is 4.05. The Balaban J connectivity index is 2.86. The molecule has 50 valence electrons. The molecule has 0 saturated heterocycles. The third kappa shape index (κ3) is 4.30. The molecule has 0 aliphatic carbocycles. The fourth-order valence-corrected chi connectivity index (χ4v) is 1.06. The van der Waals surface area contributed by atoms with Gasteiger partial charge in [0.05, 0.1) is 0 Å². The summed E-state index contributed by atoms with van der Waals surface area (Å²) in [5.74, 6) is 0. The Morgan fingerprint density at radius 2 is 2.25 bits per heavy atom. The van der Waals surface area contributed by atoms with Gasteiger partial charge in [0.25, 0.3) is 0 Å². The van der Waals surface area contributed by atoms with Gasteiger partial charge in [-0.05, 0) is 13.0 Å². The molecule has 0 radical (unpaired) electrons. The van der Waals surface area contributed by atoms with Crippen molar-refractivity contribution in [2.45, 2.75) is 26.2 Å². The second-order valence-corrected chi connectivity index (χ2v) is 3.42. The summed E-state index contributed by atoms with van der Waals surface area (Å²) in [4.78, 5) is 0. The van der Waals surface area contributed by atoms with Crippen LogP contribution in [0.2, 0.25) is 6.04 Å². The van der Waals surface area contributed by atoms with Gasteiger partial charge in [0.2, 0.25) is 0 Å². The van der Waals surface area contributed by atoms with E-state index >= 15 is 0 Å². The molecule has 0 aliphatic heterocycles. The standard InChI is InChI=1S/C5H14O2Si/c1-4-8-7-5(2)6-3/h5H,4,8H2,1-3H3. The number of rotatable bonds is 4. The summed E-state index contributed by atoms with van der Waals surface area (Å²) < 4.78 is 10.1. The van der Waals surface area contributed by atoms with Crippen molar-refractivity contribution in [1.29, 1.82) is 0 Å². The molecule has 0 aromatic heterocycles. The van der Waals surface area contributed by atoms with Gasteiger partial charge in [0.15, 0.2) is 9.76 Å². The minimum absolute atomic E-state index is 0.0154. The van der Waals surface area contributed by atoms with Crippen LogP contribution in [0.25, 0.3) is 0 Å². The molecule has 0 heterocycles. The normalized spacial score (nSPS) is 15.4. The minimum atomic E-state index is -0.262. The summed E-state index contributed by atoms with van der Waals surface area (Å²) in [5.41, 5.74) is 0. The molecule has 1 atom stereocenters. The van der Waals surface area contributed by atoms with E-state index in [2.05, 4.69) is 6.92 Å². The van der Waals surface area contributed by atoms with Crippen molar-refractivity contribution in [3.63, 3.8) is 0 Å². The van der Waals surface area contributed by atoms with Crippen LogP contribution in [0.15, 0.2) is 0 Å². The van der Waals surface area contributed by atoms with E-state index in [0.29, 0.717) is 0 Å². The zero-order valence-corrected chi connectivity index (χ0v) is 7.22. The van der Waals surface area contributed by atoms with Gasteiger partial charge < -0.3 is 9.16 Å². The topological polar surface area (TPSA) is 18.5 Å². The van der Waals surface area contributed by atoms with Crippen LogP contribution in [-0.4, -0.2) is 23.2 Å². The van der Waals surface area contributed by atoms with Gasteiger partial charge in [0.1, 0.15) is 6.29 Å². The van der Waals surface area contributed by atoms with E-state index < -0.39 is 0 Å². The van der Waals surface area contributed by atoms with Gasteiger partial charge in [0, 0.05) is 7.11 Å². The molecule has 0 bridgehead atoms. The molecule has 0 N–H and O–H groups in total. The molecular weight excluding hydrogens is 120 g/mol. The molecule has 3 heteroatoms. The van der Waals surface area contributed by atoms with Crippen LogP contribution >= 0.6 is 0 Å². The fourth-order valence-electron chi connectivity index (χ4n) is 0.352. The maximum Gasteiger partial charge on any atom is 0.164 e. The lowest BCUT2D eigenvalue weighted by molar-refractivity contribution is -0.0370. The molecule has 0 aromatic carbocycles. The van der Waals surface area contributed by atoms with Crippen LogP contribution in [0.1, 0.15) is 13.8 Å². The zero-order valence-electron chi connectivity index (χ0n) is 5.81. The number of methoxy groups -OCH3 is 1. The van der Waals surface area contributed by atoms with E-state index in [-0.39, 0.29) is 16.1 Å². The van der Waals surface area contributed by atoms with E-state index in [4.69, 9.17) is 9.16 Å². The fraction of sp³-hybridized carbons (Fsp3) is 1.00. The molecule has 0 fully saturated rings. The van der Waals surface area contributed by atoms with Crippen LogP contribution in [-0.2, 0) is 9.16 Å². The average Bonchev–Trinajstić information content (AvgIpc) is 1.83. The van der Waals surface area contributed by atoms with Crippen molar-refractivity contribution in [2.24, 2.45) is 0 Å². The van der Waals surface area contributed by atoms with E-state index in [1.807, 2.05) is 6.92 Å². The quantitative estimate of drug-likeness (QED) is 0.412. The van der Waals surface area contributed by atoms with Gasteiger partial charge in [-0.2, -0.15) is 0 Å². The Morgan fingerprint density at radius 1 is 1.62 bits per heavy atom. The van der Waals surface area contributed by atoms with Gasteiger partial charge >= 0.3 is 0 Å². The summed E-state index contributed by atoms with van der Waals surface area (Å²) in [6.07, 6.45) is 0.0154. The number of ether oxygens (including phenoxy) is 1. The third-order valence-corrected chi connectivity index (χ3v) is 2.00. The summed E-state index contributed by atoms with van der Waals surface area (Å²) in [5, 5.41) is 0. The van der Waals surface area contributed by atoms with E-state index in [9.17, 15) is 0 Å². The van der Waals surface area contributed by atoms with Crippen LogP contribution in [0.5, 0.6) is 0 Å². The van der Waals surface area contributed by atoms with Crippen LogP contribution < -0.4 is 0 Å². The first-order valence-electron chi connectivity index (χ1n) is 2.95. The van der Waals surface area contributed by atoms with E-state index in [0.717, 1.165) is 0 Å². The lowest BCUT2D eigenvalue weighted by Crippen LogP contribution is -2.12. The Labute approximate surface area is 53.1 Å². The predicted octanol–water partition coefficient (Wildman–Crippen LogP) is 0.517. The van der Waals surface area contributed by atoms with Crippen molar-refractivity contribution in [3.05, 3.63) is 0 Å². The molecule has 0 aliphatic rings. The van der Waals surface area contributed by atoms with Crippen LogP contribution in [0.3, 0.4) is 0 Å². The lowest BCUT2D eigenvalue weighted by Gasteiger charge is -2.08. The third-order valence-electron chi connectivity index (χ3n) is 0.889. The molecular formula is C5H14O2Si. The average molecular weight is 134 g/mol. The van der Waals surface area contributed by atoms with Gasteiger partial charge in [-0.3, -0.25) is 0 Å². The SMILES string of the molecule is CC[SiH2]OC(C)OC. The molecule has 8 heavy (non-hydrogen) atoms. The first kappa shape index (κ1) is 8.14. The Morgan fingerprint density at radius 3 is 2.62 bits per heavy atom. The second-order valence-electron chi connectivity index (χ2n) is 1.67. The Bertz CT molecular complexity index is 49.7. The van der Waals surface area contributed by atoms with Crippen LogP contribution in [0.4, 0.5) is 0 Å².